The maximum Gasteiger partial charge on any atom is 0.211 e. The quantitative estimate of drug-likeness (QED) is 0.227. The van der Waals surface area contributed by atoms with Crippen LogP contribution in [0.25, 0.3) is 6.08 Å². The van der Waals surface area contributed by atoms with Crippen molar-refractivity contribution in [3.63, 3.8) is 0 Å². The van der Waals surface area contributed by atoms with E-state index in [9.17, 15) is 9.59 Å². The molecule has 2 unspecified atom stereocenters. The molecule has 0 spiro atoms. The van der Waals surface area contributed by atoms with E-state index in [1.165, 1.54) is 25.7 Å². The van der Waals surface area contributed by atoms with Gasteiger partial charge in [0.15, 0.2) is 5.78 Å². The first-order valence-corrected chi connectivity index (χ1v) is 9.97. The third-order valence-corrected chi connectivity index (χ3v) is 4.76. The molecule has 0 heterocycles. The minimum absolute atomic E-state index is 0.00548. The van der Waals surface area contributed by atoms with Gasteiger partial charge in [0.25, 0.3) is 0 Å². The Hall–Kier alpha value is -1.28. The summed E-state index contributed by atoms with van der Waals surface area (Å²) < 4.78 is 7.19. The highest BCUT2D eigenvalue weighted by Gasteiger charge is 2.18. The zero-order valence-corrected chi connectivity index (χ0v) is 18.0. The van der Waals surface area contributed by atoms with Crippen LogP contribution in [0.3, 0.4) is 0 Å². The summed E-state index contributed by atoms with van der Waals surface area (Å²) in [6.07, 6.45) is 10.2. The zero-order valence-electron chi connectivity index (χ0n) is 15.7. The summed E-state index contributed by atoms with van der Waals surface area (Å²) in [6, 6.07) is 3.43. The van der Waals surface area contributed by atoms with Crippen LogP contribution in [0.2, 0.25) is 0 Å². The molecule has 0 saturated carbocycles. The van der Waals surface area contributed by atoms with Crippen molar-refractivity contribution in [2.24, 2.45) is 0 Å². The van der Waals surface area contributed by atoms with Gasteiger partial charge >= 0.3 is 0 Å². The molecule has 1 aromatic carbocycles. The largest absolute Gasteiger partial charge is 0.478 e. The van der Waals surface area contributed by atoms with Crippen molar-refractivity contribution >= 4 is 42.8 Å². The Bertz CT molecular complexity index is 621. The second-order valence-corrected chi connectivity index (χ2v) is 7.05. The molecular weight excluding hydrogens is 366 g/mol. The molecule has 1 amide bonds. The molecule has 144 valence electrons. The lowest BCUT2D eigenvalue weighted by atomic mass is 10.00. The Morgan fingerprint density at radius 1 is 1.27 bits per heavy atom. The molecule has 5 nitrogen and oxygen atoms in total. The van der Waals surface area contributed by atoms with Gasteiger partial charge in [0.05, 0.1) is 21.7 Å². The van der Waals surface area contributed by atoms with E-state index in [-0.39, 0.29) is 5.78 Å². The Morgan fingerprint density at radius 2 is 2.00 bits per heavy atom. The van der Waals surface area contributed by atoms with Crippen molar-refractivity contribution in [1.29, 1.82) is 0 Å². The number of hydrogen-bond donors (Lipinski definition) is 1. The van der Waals surface area contributed by atoms with Crippen LogP contribution in [0, 0.1) is 0 Å². The first-order chi connectivity index (χ1) is 12.6. The van der Waals surface area contributed by atoms with E-state index in [0.717, 1.165) is 13.0 Å². The lowest BCUT2D eigenvalue weighted by Gasteiger charge is -2.18. The van der Waals surface area contributed by atoms with Gasteiger partial charge in [-0.2, -0.15) is 0 Å². The predicted octanol–water partition coefficient (Wildman–Crippen LogP) is 4.70. The minimum atomic E-state index is 0.00548. The number of nitrogens with zero attached hydrogens (tertiary/aromatic N) is 1. The number of carbonyl (C=O) groups is 2. The second-order valence-electron chi connectivity index (χ2n) is 6.09. The number of allylic oxidation sites excluding steroid dienone is 1. The molecule has 0 bridgehead atoms. The van der Waals surface area contributed by atoms with E-state index in [2.05, 4.69) is 31.1 Å². The highest BCUT2D eigenvalue weighted by Crippen LogP contribution is 2.33. The summed E-state index contributed by atoms with van der Waals surface area (Å²) in [5, 5.41) is 2.64. The monoisotopic (exact) mass is 396 g/mol. The first kappa shape index (κ1) is 22.8. The van der Waals surface area contributed by atoms with E-state index in [1.54, 1.807) is 12.1 Å². The van der Waals surface area contributed by atoms with Gasteiger partial charge in [-0.3, -0.25) is 14.3 Å². The smallest absolute Gasteiger partial charge is 0.211 e. The van der Waals surface area contributed by atoms with Gasteiger partial charge in [0.1, 0.15) is 5.75 Å². The maximum atomic E-state index is 12.8. The second kappa shape index (κ2) is 13.0. The lowest BCUT2D eigenvalue weighted by Crippen LogP contribution is -2.23. The molecule has 0 aliphatic rings. The summed E-state index contributed by atoms with van der Waals surface area (Å²) in [6.45, 7) is 5.24. The lowest BCUT2D eigenvalue weighted by molar-refractivity contribution is -0.105. The van der Waals surface area contributed by atoms with Crippen LogP contribution in [0.4, 0.5) is 5.69 Å². The number of carbonyl (C=O) groups excluding carboxylic acids is 2. The molecule has 0 radical (unpaired) electrons. The first-order valence-electron chi connectivity index (χ1n) is 8.98. The number of anilines is 1. The van der Waals surface area contributed by atoms with Crippen molar-refractivity contribution in [3.8, 4) is 5.75 Å². The zero-order chi connectivity index (χ0) is 19.4. The van der Waals surface area contributed by atoms with Crippen LogP contribution in [0.1, 0.15) is 61.9 Å². The van der Waals surface area contributed by atoms with Crippen molar-refractivity contribution in [1.82, 2.24) is 4.67 Å². The molecule has 0 aromatic heterocycles. The number of benzene rings is 1. The topological polar surface area (TPSA) is 58.6 Å². The van der Waals surface area contributed by atoms with Gasteiger partial charge in [-0.15, -0.1) is 0 Å². The van der Waals surface area contributed by atoms with E-state index in [1.807, 2.05) is 23.7 Å². The van der Waals surface area contributed by atoms with Crippen molar-refractivity contribution in [2.75, 3.05) is 18.4 Å². The van der Waals surface area contributed by atoms with Crippen LogP contribution in [0.15, 0.2) is 18.2 Å². The Balaban J connectivity index is 2.87. The number of hydrogen-bond acceptors (Lipinski definition) is 4. The molecule has 7 heteroatoms. The van der Waals surface area contributed by atoms with Gasteiger partial charge in [-0.05, 0) is 25.5 Å². The number of Topliss-reactive ketones (excluding diaryl/α,β-unsaturated/α-hetero) is 1. The minimum Gasteiger partial charge on any atom is -0.478 e. The van der Waals surface area contributed by atoms with Crippen LogP contribution in [-0.2, 0) is 4.79 Å². The number of ketones is 1. The number of nitrogens with one attached hydrogen (secondary N) is 1. The van der Waals surface area contributed by atoms with Gasteiger partial charge in [0.2, 0.25) is 6.41 Å². The molecule has 26 heavy (non-hydrogen) atoms. The summed E-state index contributed by atoms with van der Waals surface area (Å²) >= 11 is 0. The van der Waals surface area contributed by atoms with Crippen LogP contribution in [-0.4, -0.2) is 30.0 Å². The molecule has 0 aliphatic heterocycles. The molecule has 2 atom stereocenters. The fourth-order valence-electron chi connectivity index (χ4n) is 2.76. The number of amides is 1. The summed E-state index contributed by atoms with van der Waals surface area (Å²) in [5.74, 6) is 0.497. The van der Waals surface area contributed by atoms with Crippen LogP contribution >= 0.6 is 18.9 Å². The van der Waals surface area contributed by atoms with Gasteiger partial charge in [0, 0.05) is 17.7 Å². The van der Waals surface area contributed by atoms with Crippen LogP contribution < -0.4 is 9.84 Å². The average Bonchev–Trinajstić information content (AvgIpc) is 2.63. The number of rotatable bonds is 13. The molecular formula is C19H30N2O3P2. The molecule has 1 rings (SSSR count). The standard InChI is InChI=1S/C19H30N2O3P2/c1-3-5-6-7-8-12-21(25)13-17(23)15-10-11-18(24-26)19(20-14-22)16(15)9-4-2/h4,9-11,14H,3,5-8,12-13,25-26H2,1-2H3,(H,20,22)/b9-4-. The highest BCUT2D eigenvalue weighted by atomic mass is 31.0. The van der Waals surface area contributed by atoms with Crippen molar-refractivity contribution < 1.29 is 14.1 Å². The molecule has 0 aliphatic carbocycles. The van der Waals surface area contributed by atoms with Gasteiger partial charge in [-0.25, -0.2) is 0 Å². The van der Waals surface area contributed by atoms with Crippen molar-refractivity contribution in [2.45, 2.75) is 46.0 Å². The predicted molar refractivity (Wildman–Crippen MR) is 116 cm³/mol. The summed E-state index contributed by atoms with van der Waals surface area (Å²) in [5.41, 5.74) is 1.72. The SMILES string of the molecule is C/C=C\c1c(C(=O)CN(P)CCCCCCC)ccc(OP)c1NC=O. The fourth-order valence-corrected chi connectivity index (χ4v) is 3.30. The average molecular weight is 396 g/mol. The maximum absolute atomic E-state index is 12.8. The Kier molecular flexibility index (Phi) is 11.4. The Morgan fingerprint density at radius 3 is 2.62 bits per heavy atom. The van der Waals surface area contributed by atoms with Crippen molar-refractivity contribution in [3.05, 3.63) is 29.3 Å². The summed E-state index contributed by atoms with van der Waals surface area (Å²) in [7, 11) is 4.80. The van der Waals surface area contributed by atoms with E-state index in [0.29, 0.717) is 35.5 Å². The highest BCUT2D eigenvalue weighted by molar-refractivity contribution is 7.13. The Labute approximate surface area is 161 Å². The van der Waals surface area contributed by atoms with Crippen LogP contribution in [0.5, 0.6) is 5.75 Å². The molecule has 1 aromatic rings. The molecule has 0 saturated heterocycles. The molecule has 0 fully saturated rings. The molecule has 1 N–H and O–H groups in total. The van der Waals surface area contributed by atoms with Gasteiger partial charge in [-0.1, -0.05) is 54.1 Å². The third kappa shape index (κ3) is 7.15. The third-order valence-electron chi connectivity index (χ3n) is 4.07. The fraction of sp³-hybridized carbons (Fsp3) is 0.474. The van der Waals surface area contributed by atoms with Gasteiger partial charge < -0.3 is 9.84 Å². The summed E-state index contributed by atoms with van der Waals surface area (Å²) in [4.78, 5) is 23.7. The van der Waals surface area contributed by atoms with E-state index < -0.39 is 0 Å². The normalized spacial score (nSPS) is 11.1. The van der Waals surface area contributed by atoms with E-state index >= 15 is 0 Å². The number of unbranched alkanes of at least 4 members (excludes halogenated alkanes) is 4. The van der Waals surface area contributed by atoms with E-state index in [4.69, 9.17) is 4.52 Å².